The van der Waals surface area contributed by atoms with E-state index in [1.807, 2.05) is 48.0 Å². The third kappa shape index (κ3) is 2.74. The minimum absolute atomic E-state index is 0.949. The summed E-state index contributed by atoms with van der Waals surface area (Å²) in [5.74, 6) is 0. The lowest BCUT2D eigenvalue weighted by atomic mass is 10.3. The molecule has 2 heterocycles. The predicted octanol–water partition coefficient (Wildman–Crippen LogP) is 3.93. The van der Waals surface area contributed by atoms with Crippen molar-refractivity contribution in [1.29, 1.82) is 0 Å². The number of thiazole rings is 1. The highest BCUT2D eigenvalue weighted by molar-refractivity contribution is 7.16. The van der Waals surface area contributed by atoms with Gasteiger partial charge < -0.3 is 0 Å². The highest BCUT2D eigenvalue weighted by Crippen LogP contribution is 2.15. The molecule has 0 spiro atoms. The van der Waals surface area contributed by atoms with Crippen LogP contribution in [0, 0.1) is 0 Å². The smallest absolute Gasteiger partial charge is 0.0886 e. The molecule has 0 amide bonds. The molecule has 0 saturated heterocycles. The molecule has 0 aliphatic carbocycles. The van der Waals surface area contributed by atoms with Crippen molar-refractivity contribution >= 4 is 32.6 Å². The molecular formula is C15H11N3S. The third-order valence-corrected chi connectivity index (χ3v) is 3.42. The maximum absolute atomic E-state index is 4.14. The van der Waals surface area contributed by atoms with Crippen LogP contribution in [0.2, 0.25) is 0 Å². The van der Waals surface area contributed by atoms with Gasteiger partial charge in [-0.15, -0.1) is 11.3 Å². The number of rotatable bonds is 0. The van der Waals surface area contributed by atoms with Crippen molar-refractivity contribution < 1.29 is 0 Å². The van der Waals surface area contributed by atoms with Crippen LogP contribution < -0.4 is 0 Å². The summed E-state index contributed by atoms with van der Waals surface area (Å²) in [6, 6.07) is 15.9. The van der Waals surface area contributed by atoms with E-state index in [9.17, 15) is 0 Å². The minimum atomic E-state index is 0.949. The summed E-state index contributed by atoms with van der Waals surface area (Å²) in [5.41, 5.74) is 4.86. The zero-order valence-electron chi connectivity index (χ0n) is 10.1. The maximum Gasteiger partial charge on any atom is 0.0886 e. The highest BCUT2D eigenvalue weighted by atomic mass is 32.1. The van der Waals surface area contributed by atoms with Crippen LogP contribution in [0.1, 0.15) is 0 Å². The second-order valence-electron chi connectivity index (χ2n) is 3.87. The van der Waals surface area contributed by atoms with Crippen molar-refractivity contribution in [2.75, 3.05) is 0 Å². The molecule has 92 valence electrons. The van der Waals surface area contributed by atoms with E-state index in [2.05, 4.69) is 21.0 Å². The monoisotopic (exact) mass is 265 g/mol. The molecule has 0 fully saturated rings. The molecular weight excluding hydrogens is 254 g/mol. The zero-order valence-corrected chi connectivity index (χ0v) is 10.9. The Labute approximate surface area is 114 Å². The lowest BCUT2D eigenvalue weighted by Crippen LogP contribution is -1.78. The number of hydrogen-bond acceptors (Lipinski definition) is 4. The van der Waals surface area contributed by atoms with Gasteiger partial charge in [0.2, 0.25) is 0 Å². The predicted molar refractivity (Wildman–Crippen MR) is 79.2 cm³/mol. The van der Waals surface area contributed by atoms with E-state index in [-0.39, 0.29) is 0 Å². The van der Waals surface area contributed by atoms with Crippen molar-refractivity contribution in [3.8, 4) is 0 Å². The van der Waals surface area contributed by atoms with Crippen LogP contribution in [-0.4, -0.2) is 15.0 Å². The van der Waals surface area contributed by atoms with Gasteiger partial charge in [-0.25, -0.2) is 4.98 Å². The topological polar surface area (TPSA) is 38.7 Å². The number of hydrogen-bond donors (Lipinski definition) is 0. The van der Waals surface area contributed by atoms with Crippen molar-refractivity contribution in [1.82, 2.24) is 15.0 Å². The summed E-state index contributed by atoms with van der Waals surface area (Å²) in [7, 11) is 0. The minimum Gasteiger partial charge on any atom is -0.253 e. The summed E-state index contributed by atoms with van der Waals surface area (Å²) in [6.45, 7) is 0. The Morgan fingerprint density at radius 1 is 0.632 bits per heavy atom. The van der Waals surface area contributed by atoms with Crippen LogP contribution in [0.3, 0.4) is 0 Å². The molecule has 4 rings (SSSR count). The number of fused-ring (bicyclic) bond motifs is 2. The first-order valence-corrected chi connectivity index (χ1v) is 6.75. The first-order valence-electron chi connectivity index (χ1n) is 5.87. The van der Waals surface area contributed by atoms with Gasteiger partial charge in [0.1, 0.15) is 0 Å². The standard InChI is InChI=1S/C8H6N2.C7H5NS/c1-2-4-8-7(3-1)9-5-6-10-8;1-2-4-7-6(3-1)8-5-9-7/h1-6H;1-5H. The second kappa shape index (κ2) is 5.54. The fourth-order valence-corrected chi connectivity index (χ4v) is 2.39. The molecule has 4 aromatic rings. The van der Waals surface area contributed by atoms with Gasteiger partial charge in [0.25, 0.3) is 0 Å². The lowest BCUT2D eigenvalue weighted by molar-refractivity contribution is 1.29. The largest absolute Gasteiger partial charge is 0.253 e. The normalized spacial score (nSPS) is 10.1. The Kier molecular flexibility index (Phi) is 3.42. The van der Waals surface area contributed by atoms with E-state index < -0.39 is 0 Å². The molecule has 2 aromatic heterocycles. The van der Waals surface area contributed by atoms with E-state index in [1.54, 1.807) is 23.7 Å². The number of aromatic nitrogens is 3. The first-order chi connectivity index (χ1) is 9.43. The van der Waals surface area contributed by atoms with E-state index in [4.69, 9.17) is 0 Å². The molecule has 0 bridgehead atoms. The molecule has 0 aliphatic rings. The molecule has 4 heteroatoms. The summed E-state index contributed by atoms with van der Waals surface area (Å²) in [5, 5.41) is 0. The number of para-hydroxylation sites is 3. The van der Waals surface area contributed by atoms with Crippen molar-refractivity contribution in [3.05, 3.63) is 66.4 Å². The van der Waals surface area contributed by atoms with Crippen LogP contribution in [0.15, 0.2) is 66.4 Å². The fourth-order valence-electron chi connectivity index (χ4n) is 1.71. The second-order valence-corrected chi connectivity index (χ2v) is 4.75. The molecule has 0 unspecified atom stereocenters. The summed E-state index contributed by atoms with van der Waals surface area (Å²) in [6.07, 6.45) is 3.39. The van der Waals surface area contributed by atoms with Crippen LogP contribution in [0.5, 0.6) is 0 Å². The van der Waals surface area contributed by atoms with Crippen molar-refractivity contribution in [2.24, 2.45) is 0 Å². The van der Waals surface area contributed by atoms with E-state index in [1.165, 1.54) is 4.70 Å². The quantitative estimate of drug-likeness (QED) is 0.483. The van der Waals surface area contributed by atoms with E-state index >= 15 is 0 Å². The molecule has 2 aromatic carbocycles. The van der Waals surface area contributed by atoms with Gasteiger partial charge in [0, 0.05) is 12.4 Å². The van der Waals surface area contributed by atoms with Crippen LogP contribution in [-0.2, 0) is 0 Å². The van der Waals surface area contributed by atoms with Crippen molar-refractivity contribution in [3.63, 3.8) is 0 Å². The van der Waals surface area contributed by atoms with Crippen molar-refractivity contribution in [2.45, 2.75) is 0 Å². The molecule has 0 aliphatic heterocycles. The molecule has 0 radical (unpaired) electrons. The van der Waals surface area contributed by atoms with Crippen LogP contribution >= 0.6 is 11.3 Å². The Bertz CT molecular complexity index is 699. The zero-order chi connectivity index (χ0) is 12.9. The average molecular weight is 265 g/mol. The maximum atomic E-state index is 4.14. The van der Waals surface area contributed by atoms with Gasteiger partial charge in [0.15, 0.2) is 0 Å². The highest BCUT2D eigenvalue weighted by Gasteiger charge is 1.89. The van der Waals surface area contributed by atoms with Gasteiger partial charge in [-0.2, -0.15) is 0 Å². The Hall–Kier alpha value is -2.33. The number of nitrogens with zero attached hydrogens (tertiary/aromatic N) is 3. The Morgan fingerprint density at radius 3 is 1.84 bits per heavy atom. The molecule has 3 nitrogen and oxygen atoms in total. The van der Waals surface area contributed by atoms with E-state index in [0.717, 1.165) is 16.6 Å². The van der Waals surface area contributed by atoms with Crippen LogP contribution in [0.4, 0.5) is 0 Å². The molecule has 19 heavy (non-hydrogen) atoms. The first kappa shape index (κ1) is 11.7. The summed E-state index contributed by atoms with van der Waals surface area (Å²) < 4.78 is 1.26. The SMILES string of the molecule is c1ccc2nccnc2c1.c1ccc2scnc2c1. The van der Waals surface area contributed by atoms with Gasteiger partial charge in [-0.05, 0) is 24.3 Å². The molecule has 0 N–H and O–H groups in total. The Morgan fingerprint density at radius 2 is 1.21 bits per heavy atom. The Balaban J connectivity index is 0.000000117. The lowest BCUT2D eigenvalue weighted by Gasteiger charge is -1.90. The van der Waals surface area contributed by atoms with Gasteiger partial charge in [-0.1, -0.05) is 24.3 Å². The van der Waals surface area contributed by atoms with E-state index in [0.29, 0.717) is 0 Å². The molecule has 0 atom stereocenters. The fraction of sp³-hybridized carbons (Fsp3) is 0. The van der Waals surface area contributed by atoms with Crippen LogP contribution in [0.25, 0.3) is 21.3 Å². The third-order valence-electron chi connectivity index (χ3n) is 2.61. The summed E-state index contributed by atoms with van der Waals surface area (Å²) in [4.78, 5) is 12.4. The van der Waals surface area contributed by atoms with Gasteiger partial charge in [0.05, 0.1) is 26.8 Å². The molecule has 0 saturated carbocycles. The van der Waals surface area contributed by atoms with Gasteiger partial charge >= 0.3 is 0 Å². The van der Waals surface area contributed by atoms with Gasteiger partial charge in [-0.3, -0.25) is 9.97 Å². The summed E-state index contributed by atoms with van der Waals surface area (Å²) >= 11 is 1.68. The number of benzene rings is 2. The average Bonchev–Trinajstić information content (AvgIpc) is 2.96.